The molecular formula is C14H16N2O. The van der Waals surface area contributed by atoms with Gasteiger partial charge >= 0.3 is 0 Å². The van der Waals surface area contributed by atoms with Crippen molar-refractivity contribution in [2.75, 3.05) is 6.61 Å². The van der Waals surface area contributed by atoms with Crippen molar-refractivity contribution in [3.63, 3.8) is 0 Å². The summed E-state index contributed by atoms with van der Waals surface area (Å²) in [4.78, 5) is 0. The molecule has 17 heavy (non-hydrogen) atoms. The fourth-order valence-corrected chi connectivity index (χ4v) is 1.61. The second-order valence-electron chi connectivity index (χ2n) is 3.84. The third kappa shape index (κ3) is 4.17. The van der Waals surface area contributed by atoms with Crippen molar-refractivity contribution < 1.29 is 4.74 Å². The van der Waals surface area contributed by atoms with Crippen LogP contribution in [0.5, 0.6) is 5.75 Å². The van der Waals surface area contributed by atoms with Gasteiger partial charge in [-0.2, -0.15) is 10.5 Å². The fourth-order valence-electron chi connectivity index (χ4n) is 1.61. The first kappa shape index (κ1) is 13.1. The molecule has 1 rings (SSSR count). The Hall–Kier alpha value is -2.00. The molecule has 0 bridgehead atoms. The number of nitriles is 2. The smallest absolute Gasteiger partial charge is 0.119 e. The first-order valence-electron chi connectivity index (χ1n) is 5.78. The zero-order valence-corrected chi connectivity index (χ0v) is 10.0. The molecular weight excluding hydrogens is 212 g/mol. The van der Waals surface area contributed by atoms with E-state index in [0.29, 0.717) is 19.4 Å². The first-order valence-corrected chi connectivity index (χ1v) is 5.78. The van der Waals surface area contributed by atoms with Gasteiger partial charge in [0.1, 0.15) is 5.75 Å². The maximum atomic E-state index is 8.74. The summed E-state index contributed by atoms with van der Waals surface area (Å²) < 4.78 is 5.54. The maximum absolute atomic E-state index is 8.74. The monoisotopic (exact) mass is 228 g/mol. The lowest BCUT2D eigenvalue weighted by molar-refractivity contribution is 0.317. The highest BCUT2D eigenvalue weighted by atomic mass is 16.5. The average Bonchev–Trinajstić information content (AvgIpc) is 2.36. The minimum Gasteiger partial charge on any atom is -0.494 e. The van der Waals surface area contributed by atoms with Gasteiger partial charge in [0.05, 0.1) is 18.7 Å². The van der Waals surface area contributed by atoms with E-state index in [1.165, 1.54) is 0 Å². The van der Waals surface area contributed by atoms with Crippen molar-refractivity contribution in [3.8, 4) is 17.9 Å². The molecule has 0 atom stereocenters. The van der Waals surface area contributed by atoms with E-state index in [-0.39, 0.29) is 5.92 Å². The first-order chi connectivity index (χ1) is 8.31. The van der Waals surface area contributed by atoms with E-state index in [4.69, 9.17) is 15.3 Å². The Morgan fingerprint density at radius 3 is 2.53 bits per heavy atom. The lowest BCUT2D eigenvalue weighted by Crippen LogP contribution is -1.99. The van der Waals surface area contributed by atoms with Gasteiger partial charge in [-0.05, 0) is 24.1 Å². The van der Waals surface area contributed by atoms with Gasteiger partial charge in [0.2, 0.25) is 0 Å². The van der Waals surface area contributed by atoms with Crippen LogP contribution < -0.4 is 4.74 Å². The molecule has 0 amide bonds. The van der Waals surface area contributed by atoms with Crippen LogP contribution in [-0.4, -0.2) is 6.61 Å². The Labute approximate surface area is 102 Å². The maximum Gasteiger partial charge on any atom is 0.119 e. The van der Waals surface area contributed by atoms with Crippen LogP contribution in [0, 0.1) is 22.7 Å². The molecule has 1 aromatic rings. The highest BCUT2D eigenvalue weighted by Gasteiger charge is 2.11. The quantitative estimate of drug-likeness (QED) is 0.749. The molecule has 0 saturated heterocycles. The molecule has 3 heteroatoms. The van der Waals surface area contributed by atoms with Crippen molar-refractivity contribution in [2.45, 2.75) is 32.1 Å². The average molecular weight is 228 g/mol. The summed E-state index contributed by atoms with van der Waals surface area (Å²) in [6.45, 7) is 2.74. The lowest BCUT2D eigenvalue weighted by atomic mass is 9.93. The van der Waals surface area contributed by atoms with E-state index in [2.05, 4.69) is 19.1 Å². The molecule has 0 heterocycles. The summed E-state index contributed by atoms with van der Waals surface area (Å²) >= 11 is 0. The van der Waals surface area contributed by atoms with Gasteiger partial charge in [-0.3, -0.25) is 0 Å². The Bertz CT molecular complexity index is 413. The molecule has 88 valence electrons. The molecule has 1 aromatic carbocycles. The third-order valence-electron chi connectivity index (χ3n) is 2.48. The molecule has 3 nitrogen and oxygen atoms in total. The Morgan fingerprint density at radius 1 is 1.24 bits per heavy atom. The third-order valence-corrected chi connectivity index (χ3v) is 2.48. The van der Waals surface area contributed by atoms with Gasteiger partial charge in [-0.1, -0.05) is 19.1 Å². The Morgan fingerprint density at radius 2 is 1.94 bits per heavy atom. The SMILES string of the molecule is CCCOc1cccc(C(CC#N)CC#N)c1. The van der Waals surface area contributed by atoms with Crippen LogP contribution in [0.2, 0.25) is 0 Å². The van der Waals surface area contributed by atoms with Gasteiger partial charge in [-0.25, -0.2) is 0 Å². The van der Waals surface area contributed by atoms with Gasteiger partial charge < -0.3 is 4.74 Å². The number of hydrogen-bond acceptors (Lipinski definition) is 3. The summed E-state index contributed by atoms with van der Waals surface area (Å²) in [7, 11) is 0. The van der Waals surface area contributed by atoms with Crippen molar-refractivity contribution >= 4 is 0 Å². The van der Waals surface area contributed by atoms with Gasteiger partial charge in [0.15, 0.2) is 0 Å². The van der Waals surface area contributed by atoms with Crippen LogP contribution in [0.15, 0.2) is 24.3 Å². The van der Waals surface area contributed by atoms with Crippen LogP contribution in [0.25, 0.3) is 0 Å². The van der Waals surface area contributed by atoms with Crippen LogP contribution in [0.1, 0.15) is 37.7 Å². The molecule has 0 aliphatic heterocycles. The highest BCUT2D eigenvalue weighted by Crippen LogP contribution is 2.26. The molecule has 0 fully saturated rings. The fraction of sp³-hybridized carbons (Fsp3) is 0.429. The standard InChI is InChI=1S/C14H16N2O/c1-2-10-17-14-5-3-4-13(11-14)12(6-8-15)7-9-16/h3-5,11-12H,2,6-7,10H2,1H3. The predicted molar refractivity (Wildman–Crippen MR) is 65.4 cm³/mol. The topological polar surface area (TPSA) is 56.8 Å². The van der Waals surface area contributed by atoms with Gasteiger partial charge in [0.25, 0.3) is 0 Å². The lowest BCUT2D eigenvalue weighted by Gasteiger charge is -2.12. The van der Waals surface area contributed by atoms with E-state index in [9.17, 15) is 0 Å². The largest absolute Gasteiger partial charge is 0.494 e. The Kier molecular flexibility index (Phi) is 5.61. The molecule has 0 aliphatic carbocycles. The molecule has 0 unspecified atom stereocenters. The summed E-state index contributed by atoms with van der Waals surface area (Å²) in [5, 5.41) is 17.5. The van der Waals surface area contributed by atoms with Crippen molar-refractivity contribution in [1.29, 1.82) is 10.5 Å². The minimum atomic E-state index is -0.0184. The van der Waals surface area contributed by atoms with Gasteiger partial charge in [0, 0.05) is 18.8 Å². The predicted octanol–water partition coefficient (Wildman–Crippen LogP) is 3.39. The van der Waals surface area contributed by atoms with E-state index in [0.717, 1.165) is 17.7 Å². The van der Waals surface area contributed by atoms with Crippen molar-refractivity contribution in [1.82, 2.24) is 0 Å². The summed E-state index contributed by atoms with van der Waals surface area (Å²) in [6.07, 6.45) is 1.69. The second kappa shape index (κ2) is 7.30. The van der Waals surface area contributed by atoms with Crippen molar-refractivity contribution in [2.24, 2.45) is 0 Å². The van der Waals surface area contributed by atoms with Crippen LogP contribution in [0.4, 0.5) is 0 Å². The zero-order valence-electron chi connectivity index (χ0n) is 10.0. The van der Waals surface area contributed by atoms with E-state index in [1.807, 2.05) is 24.3 Å². The number of rotatable bonds is 6. The van der Waals surface area contributed by atoms with Crippen LogP contribution >= 0.6 is 0 Å². The molecule has 0 spiro atoms. The van der Waals surface area contributed by atoms with Crippen molar-refractivity contribution in [3.05, 3.63) is 29.8 Å². The summed E-state index contributed by atoms with van der Waals surface area (Å²) in [6, 6.07) is 11.9. The zero-order chi connectivity index (χ0) is 12.5. The number of nitrogens with zero attached hydrogens (tertiary/aromatic N) is 2. The van der Waals surface area contributed by atoms with E-state index >= 15 is 0 Å². The normalized spacial score (nSPS) is 9.65. The number of hydrogen-bond donors (Lipinski definition) is 0. The molecule has 0 aliphatic rings. The second-order valence-corrected chi connectivity index (χ2v) is 3.84. The number of benzene rings is 1. The van der Waals surface area contributed by atoms with Crippen LogP contribution in [-0.2, 0) is 0 Å². The molecule has 0 radical (unpaired) electrons. The molecule has 0 N–H and O–H groups in total. The highest BCUT2D eigenvalue weighted by molar-refractivity contribution is 5.31. The molecule has 0 aromatic heterocycles. The Balaban J connectivity index is 2.81. The minimum absolute atomic E-state index is 0.0184. The summed E-state index contributed by atoms with van der Waals surface area (Å²) in [5.41, 5.74) is 1.00. The van der Waals surface area contributed by atoms with Gasteiger partial charge in [-0.15, -0.1) is 0 Å². The molecule has 0 saturated carbocycles. The van der Waals surface area contributed by atoms with Crippen LogP contribution in [0.3, 0.4) is 0 Å². The number of ether oxygens (including phenoxy) is 1. The van der Waals surface area contributed by atoms with E-state index < -0.39 is 0 Å². The van der Waals surface area contributed by atoms with E-state index in [1.54, 1.807) is 0 Å². The summed E-state index contributed by atoms with van der Waals surface area (Å²) in [5.74, 6) is 0.792.